The van der Waals surface area contributed by atoms with Gasteiger partial charge in [-0.15, -0.1) is 10.2 Å². The fourth-order valence-corrected chi connectivity index (χ4v) is 3.83. The van der Waals surface area contributed by atoms with Crippen molar-refractivity contribution in [2.45, 2.75) is 19.0 Å². The summed E-state index contributed by atoms with van der Waals surface area (Å²) in [6, 6.07) is 15.2. The Kier molecular flexibility index (Phi) is 5.97. The molecular weight excluding hydrogens is 434 g/mol. The molecule has 0 bridgehead atoms. The molecule has 0 aliphatic heterocycles. The zero-order valence-electron chi connectivity index (χ0n) is 16.9. The van der Waals surface area contributed by atoms with Crippen LogP contribution in [0.1, 0.15) is 11.1 Å². The molecule has 2 aromatic carbocycles. The van der Waals surface area contributed by atoms with Crippen LogP contribution in [0.25, 0.3) is 22.8 Å². The summed E-state index contributed by atoms with van der Waals surface area (Å²) in [6.45, 7) is 3.92. The standard InChI is InChI=1S/C21H20ClN7OS/c1-12-3-5-14(6-4-12)17-10-18(26-25-17)20-27-28-21(29(20)23)31-11-19(30)24-16-8-7-15(22)9-13(16)2/h3-10H,11,23H2,1-2H3,(H,24,30)(H,25,26). The van der Waals surface area contributed by atoms with E-state index in [1.54, 1.807) is 18.2 Å². The Morgan fingerprint density at radius 1 is 1.16 bits per heavy atom. The molecule has 0 fully saturated rings. The summed E-state index contributed by atoms with van der Waals surface area (Å²) in [5.74, 6) is 6.55. The van der Waals surface area contributed by atoms with Crippen molar-refractivity contribution in [3.05, 3.63) is 64.7 Å². The molecule has 31 heavy (non-hydrogen) atoms. The Bertz CT molecular complexity index is 1230. The van der Waals surface area contributed by atoms with Crippen molar-refractivity contribution in [1.29, 1.82) is 0 Å². The Morgan fingerprint density at radius 2 is 1.94 bits per heavy atom. The van der Waals surface area contributed by atoms with E-state index in [2.05, 4.69) is 25.7 Å². The molecule has 0 saturated carbocycles. The maximum Gasteiger partial charge on any atom is 0.234 e. The van der Waals surface area contributed by atoms with Crippen LogP contribution in [-0.2, 0) is 4.79 Å². The highest BCUT2D eigenvalue weighted by atomic mass is 35.5. The SMILES string of the molecule is Cc1ccc(-c2cc(-c3nnc(SCC(=O)Nc4ccc(Cl)cc4C)n3N)[nH]n2)cc1. The number of aryl methyl sites for hydroxylation is 2. The van der Waals surface area contributed by atoms with Gasteiger partial charge in [-0.3, -0.25) is 9.89 Å². The molecular formula is C21H20ClN7OS. The van der Waals surface area contributed by atoms with Gasteiger partial charge in [-0.25, -0.2) is 4.68 Å². The average Bonchev–Trinajstić information content (AvgIpc) is 3.36. The van der Waals surface area contributed by atoms with Crippen molar-refractivity contribution < 1.29 is 4.79 Å². The Hall–Kier alpha value is -3.30. The predicted octanol–water partition coefficient (Wildman–Crippen LogP) is 4.05. The number of benzene rings is 2. The van der Waals surface area contributed by atoms with E-state index >= 15 is 0 Å². The molecule has 0 spiro atoms. The number of thioether (sulfide) groups is 1. The smallest absolute Gasteiger partial charge is 0.234 e. The quantitative estimate of drug-likeness (QED) is 0.299. The number of rotatable bonds is 6. The Balaban J connectivity index is 1.42. The van der Waals surface area contributed by atoms with Gasteiger partial charge in [0.05, 0.1) is 11.4 Å². The van der Waals surface area contributed by atoms with Crippen LogP contribution < -0.4 is 11.2 Å². The van der Waals surface area contributed by atoms with Crippen molar-refractivity contribution >= 4 is 35.0 Å². The number of carbonyl (C=O) groups excluding carboxylic acids is 1. The van der Waals surface area contributed by atoms with E-state index in [1.165, 1.54) is 22.0 Å². The molecule has 0 aliphatic rings. The maximum absolute atomic E-state index is 12.3. The largest absolute Gasteiger partial charge is 0.335 e. The summed E-state index contributed by atoms with van der Waals surface area (Å²) < 4.78 is 1.35. The first-order chi connectivity index (χ1) is 14.9. The van der Waals surface area contributed by atoms with Crippen molar-refractivity contribution in [3.8, 4) is 22.8 Å². The summed E-state index contributed by atoms with van der Waals surface area (Å²) in [4.78, 5) is 12.3. The normalized spacial score (nSPS) is 10.9. The van der Waals surface area contributed by atoms with Gasteiger partial charge >= 0.3 is 0 Å². The van der Waals surface area contributed by atoms with Crippen molar-refractivity contribution in [1.82, 2.24) is 25.1 Å². The minimum absolute atomic E-state index is 0.134. The summed E-state index contributed by atoms with van der Waals surface area (Å²) >= 11 is 7.15. The number of nitrogens with one attached hydrogen (secondary N) is 2. The highest BCUT2D eigenvalue weighted by Crippen LogP contribution is 2.25. The lowest BCUT2D eigenvalue weighted by atomic mass is 10.1. The van der Waals surface area contributed by atoms with Gasteiger partial charge in [0.15, 0.2) is 0 Å². The molecule has 4 N–H and O–H groups in total. The van der Waals surface area contributed by atoms with E-state index in [4.69, 9.17) is 17.4 Å². The monoisotopic (exact) mass is 453 g/mol. The first kappa shape index (κ1) is 21.0. The number of nitrogens with two attached hydrogens (primary N) is 1. The number of aromatic nitrogens is 5. The van der Waals surface area contributed by atoms with E-state index in [0.29, 0.717) is 27.4 Å². The zero-order chi connectivity index (χ0) is 22.0. The fourth-order valence-electron chi connectivity index (χ4n) is 2.95. The van der Waals surface area contributed by atoms with E-state index in [9.17, 15) is 4.79 Å². The molecule has 0 unspecified atom stereocenters. The number of hydrogen-bond acceptors (Lipinski definition) is 6. The van der Waals surface area contributed by atoms with Crippen LogP contribution in [0.4, 0.5) is 5.69 Å². The third kappa shape index (κ3) is 4.73. The zero-order valence-corrected chi connectivity index (χ0v) is 18.5. The topological polar surface area (TPSA) is 115 Å². The van der Waals surface area contributed by atoms with Gasteiger partial charge in [0, 0.05) is 16.3 Å². The molecule has 0 aliphatic carbocycles. The molecule has 1 amide bonds. The third-order valence-corrected chi connectivity index (χ3v) is 5.80. The maximum atomic E-state index is 12.3. The second kappa shape index (κ2) is 8.83. The summed E-state index contributed by atoms with van der Waals surface area (Å²) in [5.41, 5.74) is 5.19. The molecule has 4 rings (SSSR count). The first-order valence-corrected chi connectivity index (χ1v) is 10.8. The lowest BCUT2D eigenvalue weighted by Crippen LogP contribution is -2.17. The fraction of sp³-hybridized carbons (Fsp3) is 0.143. The van der Waals surface area contributed by atoms with Gasteiger partial charge in [-0.05, 0) is 43.7 Å². The molecule has 4 aromatic rings. The lowest BCUT2D eigenvalue weighted by molar-refractivity contribution is -0.113. The highest BCUT2D eigenvalue weighted by molar-refractivity contribution is 7.99. The Morgan fingerprint density at radius 3 is 2.68 bits per heavy atom. The van der Waals surface area contributed by atoms with Crippen LogP contribution in [0, 0.1) is 13.8 Å². The van der Waals surface area contributed by atoms with Gasteiger partial charge in [0.25, 0.3) is 0 Å². The van der Waals surface area contributed by atoms with E-state index in [1.807, 2.05) is 44.2 Å². The van der Waals surface area contributed by atoms with E-state index in [0.717, 1.165) is 16.8 Å². The molecule has 2 aromatic heterocycles. The van der Waals surface area contributed by atoms with Gasteiger partial charge in [0.1, 0.15) is 5.69 Å². The van der Waals surface area contributed by atoms with Gasteiger partial charge in [0.2, 0.25) is 16.9 Å². The van der Waals surface area contributed by atoms with Gasteiger partial charge in [-0.1, -0.05) is 53.2 Å². The second-order valence-corrected chi connectivity index (χ2v) is 8.38. The van der Waals surface area contributed by atoms with Gasteiger partial charge < -0.3 is 11.2 Å². The number of nitrogens with zero attached hydrogens (tertiary/aromatic N) is 4. The highest BCUT2D eigenvalue weighted by Gasteiger charge is 2.16. The van der Waals surface area contributed by atoms with E-state index in [-0.39, 0.29) is 11.7 Å². The average molecular weight is 454 g/mol. The Labute approximate surface area is 188 Å². The number of amides is 1. The number of aromatic amines is 1. The number of hydrogen-bond donors (Lipinski definition) is 3. The van der Waals surface area contributed by atoms with Crippen LogP contribution in [0.2, 0.25) is 5.02 Å². The number of nitrogen functional groups attached to an aromatic ring is 1. The van der Waals surface area contributed by atoms with Gasteiger partial charge in [-0.2, -0.15) is 5.10 Å². The minimum Gasteiger partial charge on any atom is -0.335 e. The number of anilines is 1. The van der Waals surface area contributed by atoms with Crippen molar-refractivity contribution in [3.63, 3.8) is 0 Å². The van der Waals surface area contributed by atoms with Crippen LogP contribution >= 0.6 is 23.4 Å². The van der Waals surface area contributed by atoms with Crippen LogP contribution in [0.3, 0.4) is 0 Å². The lowest BCUT2D eigenvalue weighted by Gasteiger charge is -2.08. The third-order valence-electron chi connectivity index (χ3n) is 4.63. The summed E-state index contributed by atoms with van der Waals surface area (Å²) in [7, 11) is 0. The van der Waals surface area contributed by atoms with Crippen LogP contribution in [-0.4, -0.2) is 36.7 Å². The molecule has 8 nitrogen and oxygen atoms in total. The number of halogens is 1. The van der Waals surface area contributed by atoms with Crippen LogP contribution in [0.5, 0.6) is 0 Å². The molecule has 2 heterocycles. The summed E-state index contributed by atoms with van der Waals surface area (Å²) in [6.07, 6.45) is 0. The summed E-state index contributed by atoms with van der Waals surface area (Å²) in [5, 5.41) is 19.4. The predicted molar refractivity (Wildman–Crippen MR) is 123 cm³/mol. The first-order valence-electron chi connectivity index (χ1n) is 9.43. The molecule has 158 valence electrons. The minimum atomic E-state index is -0.178. The van der Waals surface area contributed by atoms with Crippen molar-refractivity contribution in [2.24, 2.45) is 0 Å². The second-order valence-electron chi connectivity index (χ2n) is 7.01. The molecule has 10 heteroatoms. The molecule has 0 atom stereocenters. The van der Waals surface area contributed by atoms with Crippen LogP contribution in [0.15, 0.2) is 53.7 Å². The number of carbonyl (C=O) groups is 1. The van der Waals surface area contributed by atoms with Crippen molar-refractivity contribution in [2.75, 3.05) is 16.9 Å². The molecule has 0 radical (unpaired) electrons. The molecule has 0 saturated heterocycles. The number of H-pyrrole nitrogens is 1. The van der Waals surface area contributed by atoms with E-state index < -0.39 is 0 Å².